The molecule has 20 heavy (non-hydrogen) atoms. The van der Waals surface area contributed by atoms with Gasteiger partial charge in [0, 0.05) is 17.5 Å². The summed E-state index contributed by atoms with van der Waals surface area (Å²) in [6.07, 6.45) is 0.667. The van der Waals surface area contributed by atoms with Crippen LogP contribution in [0.4, 0.5) is 4.39 Å². The predicted octanol–water partition coefficient (Wildman–Crippen LogP) is 4.41. The van der Waals surface area contributed by atoms with Gasteiger partial charge in [-0.05, 0) is 36.2 Å². The number of halogens is 2. The van der Waals surface area contributed by atoms with Gasteiger partial charge in [-0.15, -0.1) is 0 Å². The second-order valence-corrected chi connectivity index (χ2v) is 5.29. The van der Waals surface area contributed by atoms with E-state index in [1.165, 1.54) is 11.6 Å². The van der Waals surface area contributed by atoms with Gasteiger partial charge in [0.05, 0.1) is 0 Å². The van der Waals surface area contributed by atoms with Gasteiger partial charge >= 0.3 is 0 Å². The van der Waals surface area contributed by atoms with Crippen molar-refractivity contribution in [2.24, 2.45) is 0 Å². The number of nitrogens with one attached hydrogen (secondary N) is 1. The fraction of sp³-hybridized carbons (Fsp3) is 0.294. The van der Waals surface area contributed by atoms with Gasteiger partial charge in [0.15, 0.2) is 0 Å². The third-order valence-electron chi connectivity index (χ3n) is 3.39. The second kappa shape index (κ2) is 7.41. The zero-order chi connectivity index (χ0) is 14.4. The average molecular weight is 292 g/mol. The Morgan fingerprint density at radius 1 is 1.15 bits per heavy atom. The summed E-state index contributed by atoms with van der Waals surface area (Å²) in [6, 6.07) is 15.1. The molecule has 0 aliphatic carbocycles. The van der Waals surface area contributed by atoms with Gasteiger partial charge in [-0.2, -0.15) is 0 Å². The lowest BCUT2D eigenvalue weighted by Gasteiger charge is -2.18. The number of rotatable bonds is 6. The van der Waals surface area contributed by atoms with Crippen LogP contribution in [0.15, 0.2) is 48.5 Å². The molecule has 2 aromatic carbocycles. The molecule has 1 N–H and O–H groups in total. The van der Waals surface area contributed by atoms with Crippen molar-refractivity contribution in [1.82, 2.24) is 5.32 Å². The van der Waals surface area contributed by atoms with Crippen molar-refractivity contribution in [2.45, 2.75) is 19.3 Å². The lowest BCUT2D eigenvalue weighted by atomic mass is 9.91. The molecule has 2 rings (SSSR count). The quantitative estimate of drug-likeness (QED) is 0.831. The maximum Gasteiger partial charge on any atom is 0.127 e. The molecule has 0 aliphatic rings. The summed E-state index contributed by atoms with van der Waals surface area (Å²) >= 11 is 5.80. The van der Waals surface area contributed by atoms with Crippen LogP contribution >= 0.6 is 11.6 Å². The molecule has 3 heteroatoms. The van der Waals surface area contributed by atoms with Gasteiger partial charge < -0.3 is 5.32 Å². The van der Waals surface area contributed by atoms with E-state index in [1.807, 2.05) is 18.2 Å². The summed E-state index contributed by atoms with van der Waals surface area (Å²) in [5.41, 5.74) is 1.93. The van der Waals surface area contributed by atoms with Crippen LogP contribution in [0.2, 0.25) is 5.02 Å². The van der Waals surface area contributed by atoms with E-state index in [4.69, 9.17) is 11.6 Å². The molecule has 1 unspecified atom stereocenters. The van der Waals surface area contributed by atoms with Crippen molar-refractivity contribution in [3.05, 3.63) is 70.5 Å². The van der Waals surface area contributed by atoms with E-state index in [0.29, 0.717) is 17.0 Å². The van der Waals surface area contributed by atoms with Crippen LogP contribution in [0, 0.1) is 5.82 Å². The lowest BCUT2D eigenvalue weighted by molar-refractivity contribution is 0.562. The average Bonchev–Trinajstić information content (AvgIpc) is 2.46. The predicted molar refractivity (Wildman–Crippen MR) is 82.8 cm³/mol. The number of hydrogen-bond donors (Lipinski definition) is 1. The van der Waals surface area contributed by atoms with Gasteiger partial charge in [0.25, 0.3) is 0 Å². The summed E-state index contributed by atoms with van der Waals surface area (Å²) in [5.74, 6) is 0.0294. The lowest BCUT2D eigenvalue weighted by Crippen LogP contribution is -2.23. The first-order valence-electron chi connectivity index (χ1n) is 6.90. The molecule has 0 radical (unpaired) electrons. The van der Waals surface area contributed by atoms with E-state index in [2.05, 4.69) is 24.4 Å². The van der Waals surface area contributed by atoms with E-state index in [0.717, 1.165) is 13.1 Å². The molecule has 106 valence electrons. The smallest absolute Gasteiger partial charge is 0.127 e. The molecule has 0 saturated heterocycles. The Kier molecular flexibility index (Phi) is 5.57. The largest absolute Gasteiger partial charge is 0.316 e. The van der Waals surface area contributed by atoms with Crippen molar-refractivity contribution in [3.63, 3.8) is 0 Å². The molecule has 0 aromatic heterocycles. The summed E-state index contributed by atoms with van der Waals surface area (Å²) in [5, 5.41) is 3.79. The minimum atomic E-state index is -0.227. The highest BCUT2D eigenvalue weighted by Gasteiger charge is 2.14. The van der Waals surface area contributed by atoms with Crippen LogP contribution in [-0.4, -0.2) is 13.1 Å². The molecule has 0 amide bonds. The van der Waals surface area contributed by atoms with Gasteiger partial charge in [-0.25, -0.2) is 4.39 Å². The molecule has 2 aromatic rings. The van der Waals surface area contributed by atoms with Crippen LogP contribution < -0.4 is 5.32 Å². The highest BCUT2D eigenvalue weighted by atomic mass is 35.5. The normalized spacial score (nSPS) is 12.3. The number of benzene rings is 2. The molecule has 1 nitrogen and oxygen atoms in total. The fourth-order valence-corrected chi connectivity index (χ4v) is 2.46. The molecule has 0 spiro atoms. The fourth-order valence-electron chi connectivity index (χ4n) is 2.30. The van der Waals surface area contributed by atoms with Gasteiger partial charge in [-0.1, -0.05) is 54.9 Å². The van der Waals surface area contributed by atoms with E-state index in [-0.39, 0.29) is 11.7 Å². The Morgan fingerprint density at radius 3 is 2.55 bits per heavy atom. The monoisotopic (exact) mass is 291 g/mol. The third-order valence-corrected chi connectivity index (χ3v) is 3.63. The third kappa shape index (κ3) is 4.06. The number of likely N-dealkylation sites (N-methyl/N-ethyl adjacent to an activating group) is 1. The summed E-state index contributed by atoms with van der Waals surface area (Å²) < 4.78 is 13.9. The SMILES string of the molecule is CCNCC(Cc1ccc(Cl)cc1F)c1ccccc1. The van der Waals surface area contributed by atoms with Gasteiger partial charge in [-0.3, -0.25) is 0 Å². The van der Waals surface area contributed by atoms with Crippen molar-refractivity contribution in [3.8, 4) is 0 Å². The first-order valence-corrected chi connectivity index (χ1v) is 7.28. The first kappa shape index (κ1) is 15.0. The Bertz CT molecular complexity index is 542. The summed E-state index contributed by atoms with van der Waals surface area (Å²) in [4.78, 5) is 0. The highest BCUT2D eigenvalue weighted by Crippen LogP contribution is 2.23. The molecule has 0 fully saturated rings. The van der Waals surface area contributed by atoms with Crippen molar-refractivity contribution in [2.75, 3.05) is 13.1 Å². The minimum absolute atomic E-state index is 0.227. The van der Waals surface area contributed by atoms with E-state index >= 15 is 0 Å². The summed E-state index contributed by atoms with van der Waals surface area (Å²) in [7, 11) is 0. The first-order chi connectivity index (χ1) is 9.70. The molecule has 0 heterocycles. The van der Waals surface area contributed by atoms with Crippen molar-refractivity contribution < 1.29 is 4.39 Å². The van der Waals surface area contributed by atoms with Crippen molar-refractivity contribution >= 4 is 11.6 Å². The van der Waals surface area contributed by atoms with Crippen LogP contribution in [0.3, 0.4) is 0 Å². The van der Waals surface area contributed by atoms with E-state index in [1.54, 1.807) is 12.1 Å². The molecule has 0 saturated carbocycles. The highest BCUT2D eigenvalue weighted by molar-refractivity contribution is 6.30. The number of hydrogen-bond acceptors (Lipinski definition) is 1. The standard InChI is InChI=1S/C17H19ClFN/c1-2-20-12-15(13-6-4-3-5-7-13)10-14-8-9-16(18)11-17(14)19/h3-9,11,15,20H,2,10,12H2,1H3. The van der Waals surface area contributed by atoms with Crippen LogP contribution in [-0.2, 0) is 6.42 Å². The zero-order valence-corrected chi connectivity index (χ0v) is 12.3. The Morgan fingerprint density at radius 2 is 1.90 bits per heavy atom. The molecular weight excluding hydrogens is 273 g/mol. The van der Waals surface area contributed by atoms with Crippen LogP contribution in [0.1, 0.15) is 24.0 Å². The Hall–Kier alpha value is -1.38. The molecule has 1 atom stereocenters. The van der Waals surface area contributed by atoms with Gasteiger partial charge in [0.1, 0.15) is 5.82 Å². The molecule has 0 aliphatic heterocycles. The molecule has 0 bridgehead atoms. The Balaban J connectivity index is 2.19. The topological polar surface area (TPSA) is 12.0 Å². The van der Waals surface area contributed by atoms with Crippen molar-refractivity contribution in [1.29, 1.82) is 0 Å². The van der Waals surface area contributed by atoms with Gasteiger partial charge in [0.2, 0.25) is 0 Å². The summed E-state index contributed by atoms with van der Waals surface area (Å²) in [6.45, 7) is 3.82. The minimum Gasteiger partial charge on any atom is -0.316 e. The van der Waals surface area contributed by atoms with Crippen LogP contribution in [0.5, 0.6) is 0 Å². The Labute approximate surface area is 124 Å². The van der Waals surface area contributed by atoms with E-state index in [9.17, 15) is 4.39 Å². The van der Waals surface area contributed by atoms with Crippen LogP contribution in [0.25, 0.3) is 0 Å². The maximum atomic E-state index is 13.9. The zero-order valence-electron chi connectivity index (χ0n) is 11.6. The van der Waals surface area contributed by atoms with E-state index < -0.39 is 0 Å². The maximum absolute atomic E-state index is 13.9. The molecular formula is C17H19ClFN. The second-order valence-electron chi connectivity index (χ2n) is 4.86.